The van der Waals surface area contributed by atoms with E-state index < -0.39 is 127 Å². The van der Waals surface area contributed by atoms with Crippen LogP contribution in [0.2, 0.25) is 0 Å². The number of carboxylic acids is 1. The van der Waals surface area contributed by atoms with E-state index in [-0.39, 0.29) is 38.5 Å². The van der Waals surface area contributed by atoms with Gasteiger partial charge in [0.2, 0.25) is 53.2 Å². The smallest absolute Gasteiger partial charge is 0.245 e. The Hall–Kier alpha value is -9.32. The van der Waals surface area contributed by atoms with Crippen molar-refractivity contribution >= 4 is 59.1 Å². The van der Waals surface area contributed by atoms with Gasteiger partial charge >= 0.3 is 0 Å². The zero-order chi connectivity index (χ0) is 61.7. The molecule has 0 saturated carbocycles. The predicted molar refractivity (Wildman–Crippen MR) is 314 cm³/mol. The summed E-state index contributed by atoms with van der Waals surface area (Å²) in [4.78, 5) is 137. The van der Waals surface area contributed by atoms with Gasteiger partial charge in [-0.1, -0.05) is 152 Å². The van der Waals surface area contributed by atoms with Gasteiger partial charge < -0.3 is 74.3 Å². The Bertz CT molecular complexity index is 2980. The summed E-state index contributed by atoms with van der Waals surface area (Å²) in [6.07, 6.45) is -0.120. The lowest BCUT2D eigenvalue weighted by atomic mass is 10.0. The second-order valence-electron chi connectivity index (χ2n) is 20.4. The molecule has 5 rings (SSSR count). The van der Waals surface area contributed by atoms with Crippen molar-refractivity contribution in [2.24, 2.45) is 11.5 Å². The van der Waals surface area contributed by atoms with E-state index >= 15 is 0 Å². The Morgan fingerprint density at radius 1 is 0.400 bits per heavy atom. The van der Waals surface area contributed by atoms with Gasteiger partial charge in [0.15, 0.2) is 0 Å². The minimum absolute atomic E-state index is 0.0743. The number of unbranched alkanes of at least 4 members (excludes halogenated alkanes) is 1. The number of hydrogen-bond acceptors (Lipinski definition) is 14. The quantitative estimate of drug-likeness (QED) is 0.0204. The third-order valence-electron chi connectivity index (χ3n) is 13.8. The number of hydrogen-bond donors (Lipinski definition) is 12. The van der Waals surface area contributed by atoms with Crippen molar-refractivity contribution in [3.8, 4) is 0 Å². The summed E-state index contributed by atoms with van der Waals surface area (Å²) in [5.41, 5.74) is 14.7. The molecule has 0 fully saturated rings. The first-order chi connectivity index (χ1) is 40.9. The Morgan fingerprint density at radius 3 is 1.07 bits per heavy atom. The first-order valence-corrected chi connectivity index (χ1v) is 28.0. The van der Waals surface area contributed by atoms with Crippen molar-refractivity contribution in [1.82, 2.24) is 47.9 Å². The van der Waals surface area contributed by atoms with E-state index in [4.69, 9.17) is 11.5 Å². The molecule has 23 nitrogen and oxygen atoms in total. The van der Waals surface area contributed by atoms with Crippen LogP contribution in [0.5, 0.6) is 0 Å². The zero-order valence-electron chi connectivity index (χ0n) is 47.5. The van der Waals surface area contributed by atoms with Crippen LogP contribution in [0, 0.1) is 0 Å². The van der Waals surface area contributed by atoms with Gasteiger partial charge in [0.1, 0.15) is 48.3 Å². The van der Waals surface area contributed by atoms with Crippen molar-refractivity contribution in [3.05, 3.63) is 179 Å². The second-order valence-corrected chi connectivity index (χ2v) is 20.4. The number of likely N-dealkylation sites (N-methyl/N-ethyl adjacent to an activating group) is 1. The van der Waals surface area contributed by atoms with E-state index in [1.54, 1.807) is 152 Å². The minimum atomic E-state index is -1.72. The number of aliphatic carboxylic acids is 1. The van der Waals surface area contributed by atoms with Gasteiger partial charge in [-0.2, -0.15) is 0 Å². The molecule has 0 aromatic heterocycles. The van der Waals surface area contributed by atoms with E-state index in [1.807, 2.05) is 0 Å². The van der Waals surface area contributed by atoms with Gasteiger partial charge in [-0.15, -0.1) is 0 Å². The van der Waals surface area contributed by atoms with E-state index in [0.717, 1.165) is 11.1 Å². The number of rotatable bonds is 35. The van der Waals surface area contributed by atoms with Gasteiger partial charge in [-0.05, 0) is 74.0 Å². The third kappa shape index (κ3) is 22.8. The number of aliphatic hydroxyl groups is 1. The van der Waals surface area contributed by atoms with Gasteiger partial charge in [-0.25, -0.2) is 0 Å². The topological polar surface area (TPSA) is 374 Å². The summed E-state index contributed by atoms with van der Waals surface area (Å²) in [5, 5.41) is 46.0. The molecule has 9 amide bonds. The van der Waals surface area contributed by atoms with Gasteiger partial charge in [-0.3, -0.25) is 43.2 Å². The fourth-order valence-electron chi connectivity index (χ4n) is 9.07. The molecule has 452 valence electrons. The number of carboxylic acid groups (broad SMARTS) is 1. The van der Waals surface area contributed by atoms with Crippen LogP contribution < -0.4 is 64.4 Å². The largest absolute Gasteiger partial charge is 0.550 e. The molecule has 14 N–H and O–H groups in total. The minimum Gasteiger partial charge on any atom is -0.550 e. The fourth-order valence-corrected chi connectivity index (χ4v) is 9.07. The summed E-state index contributed by atoms with van der Waals surface area (Å²) in [6, 6.07) is 31.0. The number of nitrogens with two attached hydrogens (primary N) is 2. The van der Waals surface area contributed by atoms with Crippen molar-refractivity contribution in [1.29, 1.82) is 0 Å². The molecule has 85 heavy (non-hydrogen) atoms. The normalized spacial score (nSPS) is 14.1. The number of amides is 9. The molecule has 9 atom stereocenters. The summed E-state index contributed by atoms with van der Waals surface area (Å²) in [5.74, 6) is -9.49. The molecule has 5 aromatic rings. The molecule has 0 radical (unpaired) electrons. The number of carbonyl (C=O) groups excluding carboxylic acids is 10. The van der Waals surface area contributed by atoms with Crippen LogP contribution in [0.4, 0.5) is 0 Å². The van der Waals surface area contributed by atoms with E-state index in [2.05, 4.69) is 47.9 Å². The molecule has 0 spiro atoms. The molecule has 23 heteroatoms. The predicted octanol–water partition coefficient (Wildman–Crippen LogP) is -1.57. The Labute approximate surface area is 493 Å². The van der Waals surface area contributed by atoms with Crippen LogP contribution in [0.15, 0.2) is 152 Å². The Balaban J connectivity index is 1.32. The zero-order valence-corrected chi connectivity index (χ0v) is 47.5. The molecule has 0 bridgehead atoms. The lowest BCUT2D eigenvalue weighted by molar-refractivity contribution is -0.306. The molecule has 0 aliphatic heterocycles. The number of benzene rings is 5. The maximum absolute atomic E-state index is 14.3. The lowest BCUT2D eigenvalue weighted by Gasteiger charge is -2.27. The molecular weight excluding hydrogens is 1090 g/mol. The van der Waals surface area contributed by atoms with Crippen molar-refractivity contribution in [3.63, 3.8) is 0 Å². The highest BCUT2D eigenvalue weighted by Gasteiger charge is 2.35. The Morgan fingerprint density at radius 2 is 0.694 bits per heavy atom. The molecule has 0 aliphatic rings. The highest BCUT2D eigenvalue weighted by Crippen LogP contribution is 2.12. The van der Waals surface area contributed by atoms with E-state index in [9.17, 15) is 58.2 Å². The van der Waals surface area contributed by atoms with E-state index in [0.29, 0.717) is 36.1 Å². The maximum Gasteiger partial charge on any atom is 0.245 e. The lowest BCUT2D eigenvalue weighted by Crippen LogP contribution is -2.61. The van der Waals surface area contributed by atoms with Gasteiger partial charge in [0, 0.05) is 38.1 Å². The molecule has 0 heterocycles. The van der Waals surface area contributed by atoms with Crippen molar-refractivity contribution < 1.29 is 58.2 Å². The highest BCUT2D eigenvalue weighted by molar-refractivity contribution is 5.99. The summed E-state index contributed by atoms with van der Waals surface area (Å²) < 4.78 is 0. The second kappa shape index (κ2) is 35.0. The molecule has 5 unspecified atom stereocenters. The SMILES string of the molecule is CNC(Cc1ccccc1)C(=O)N[C@@H](CC(=O)[O-])C(=O)NC(Cc1ccccc1)C(=O)N[C@@H](C)C(=O)NC(Cc1ccccc1)C(=O)N[C@@H](CO)C(=O)NC(Cc1ccccc1)C(=O)N[C@@H](CCCCN)C(=O)NC(Cc1ccccc1)C(N)=O. The number of aliphatic hydroxyl groups excluding tert-OH is 1. The van der Waals surface area contributed by atoms with Crippen LogP contribution in [-0.4, -0.2) is 139 Å². The van der Waals surface area contributed by atoms with Crippen LogP contribution in [-0.2, 0) is 80.0 Å². The van der Waals surface area contributed by atoms with Gasteiger partial charge in [0.05, 0.1) is 12.6 Å². The highest BCUT2D eigenvalue weighted by atomic mass is 16.4. The number of carbonyl (C=O) groups is 10. The van der Waals surface area contributed by atoms with Gasteiger partial charge in [0.25, 0.3) is 0 Å². The fraction of sp³-hybridized carbons (Fsp3) is 0.355. The van der Waals surface area contributed by atoms with E-state index in [1.165, 1.54) is 14.0 Å². The van der Waals surface area contributed by atoms with Crippen LogP contribution in [0.25, 0.3) is 0 Å². The summed E-state index contributed by atoms with van der Waals surface area (Å²) in [7, 11) is 1.53. The number of primary amides is 1. The van der Waals surface area contributed by atoms with Crippen LogP contribution in [0.3, 0.4) is 0 Å². The molecule has 0 saturated heterocycles. The molecule has 0 aliphatic carbocycles. The molecular formula is C62H76N11O12-. The maximum atomic E-state index is 14.3. The average molecular weight is 1170 g/mol. The summed E-state index contributed by atoms with van der Waals surface area (Å²) in [6.45, 7) is 0.617. The van der Waals surface area contributed by atoms with Crippen LogP contribution >= 0.6 is 0 Å². The standard InChI is InChI=1S/C62H77N11O12/c1-39(66-58(81)48(34-42-24-12-5-13-25-42)70-61(84)51(37-53(75)76)72-57(80)47(65-2)33-41-22-10-4-11-23-41)55(78)69-49(35-43-26-14-6-15-27-43)60(83)73-52(38-74)62(85)71-50(36-44-28-16-7-17-29-44)59(82)67-45(30-18-19-31-63)56(79)68-46(54(64)77)32-40-20-8-3-9-21-40/h3-17,20-29,39,45-52,65,74H,18-19,30-38,63H2,1-2H3,(H2,64,77)(H,66,81)(H,67,82)(H,68,79)(H,69,78)(H,70,84)(H,71,85)(H,72,80)(H,73,83)(H,75,76)/p-1/t39-,45-,46?,47?,48?,49?,50?,51-,52-/m0/s1. The first-order valence-electron chi connectivity index (χ1n) is 28.0. The summed E-state index contributed by atoms with van der Waals surface area (Å²) >= 11 is 0. The monoisotopic (exact) mass is 1170 g/mol. The van der Waals surface area contributed by atoms with Crippen LogP contribution in [0.1, 0.15) is 60.4 Å². The Kier molecular flexibility index (Phi) is 27.3. The van der Waals surface area contributed by atoms with Crippen molar-refractivity contribution in [2.75, 3.05) is 20.2 Å². The van der Waals surface area contributed by atoms with Crippen molar-refractivity contribution in [2.45, 2.75) is 119 Å². The third-order valence-corrected chi connectivity index (χ3v) is 13.8. The molecule has 5 aromatic carbocycles. The number of nitrogens with one attached hydrogen (secondary N) is 9. The first kappa shape index (κ1) is 66.5. The average Bonchev–Trinajstić information content (AvgIpc) is 3.53.